The van der Waals surface area contributed by atoms with Crippen molar-refractivity contribution in [3.63, 3.8) is 0 Å². The van der Waals surface area contributed by atoms with Gasteiger partial charge in [-0.15, -0.1) is 0 Å². The summed E-state index contributed by atoms with van der Waals surface area (Å²) in [5.41, 5.74) is 3.60. The van der Waals surface area contributed by atoms with Gasteiger partial charge in [-0.1, -0.05) is 25.1 Å². The number of benzene rings is 1. The van der Waals surface area contributed by atoms with Crippen LogP contribution in [0.15, 0.2) is 35.1 Å². The van der Waals surface area contributed by atoms with E-state index in [4.69, 9.17) is 4.98 Å². The van der Waals surface area contributed by atoms with Crippen molar-refractivity contribution in [2.45, 2.75) is 51.6 Å². The fraction of sp³-hybridized carbons (Fsp3) is 0.458. The number of nitrogens with zero attached hydrogens (tertiary/aromatic N) is 4. The number of hydrogen-bond donors (Lipinski definition) is 1. The third kappa shape index (κ3) is 3.83. The second kappa shape index (κ2) is 8.50. The summed E-state index contributed by atoms with van der Waals surface area (Å²) in [5.74, 6) is 0.119. The largest absolute Gasteiger partial charge is 0.338 e. The number of carbonyl (C=O) groups is 1. The Morgan fingerprint density at radius 2 is 2.12 bits per heavy atom. The van der Waals surface area contributed by atoms with E-state index < -0.39 is 0 Å². The summed E-state index contributed by atoms with van der Waals surface area (Å²) >= 11 is 0. The number of hydrogen-bond acceptors (Lipinski definition) is 4. The summed E-state index contributed by atoms with van der Waals surface area (Å²) in [6.07, 6.45) is 3.06. The third-order valence-electron chi connectivity index (χ3n) is 6.73. The number of rotatable bonds is 4. The molecular formula is C24H28FN5O2. The van der Waals surface area contributed by atoms with Crippen LogP contribution in [0.1, 0.15) is 54.6 Å². The van der Waals surface area contributed by atoms with Crippen LogP contribution in [0.4, 0.5) is 4.39 Å². The van der Waals surface area contributed by atoms with Crippen molar-refractivity contribution in [1.29, 1.82) is 0 Å². The fourth-order valence-corrected chi connectivity index (χ4v) is 4.97. The van der Waals surface area contributed by atoms with Gasteiger partial charge in [0.05, 0.1) is 17.8 Å². The maximum absolute atomic E-state index is 14.1. The molecule has 5 rings (SSSR count). The van der Waals surface area contributed by atoms with Gasteiger partial charge in [-0.25, -0.2) is 13.9 Å². The van der Waals surface area contributed by atoms with Gasteiger partial charge in [0.1, 0.15) is 5.82 Å². The van der Waals surface area contributed by atoms with Crippen LogP contribution in [0.3, 0.4) is 0 Å². The Balaban J connectivity index is 1.39. The van der Waals surface area contributed by atoms with E-state index in [2.05, 4.69) is 10.00 Å². The molecule has 0 aliphatic carbocycles. The van der Waals surface area contributed by atoms with Gasteiger partial charge in [0, 0.05) is 55.7 Å². The number of nitrogens with one attached hydrogen (secondary N) is 1. The Hall–Kier alpha value is -3.00. The van der Waals surface area contributed by atoms with Crippen molar-refractivity contribution in [1.82, 2.24) is 24.4 Å². The van der Waals surface area contributed by atoms with Gasteiger partial charge in [0.15, 0.2) is 5.65 Å². The second-order valence-corrected chi connectivity index (χ2v) is 8.83. The molecule has 1 amide bonds. The van der Waals surface area contributed by atoms with Crippen molar-refractivity contribution < 1.29 is 9.18 Å². The summed E-state index contributed by atoms with van der Waals surface area (Å²) in [7, 11) is 0. The minimum atomic E-state index is -0.169. The Morgan fingerprint density at radius 1 is 1.28 bits per heavy atom. The molecule has 1 N–H and O–H groups in total. The zero-order valence-corrected chi connectivity index (χ0v) is 18.3. The molecule has 1 aromatic carbocycles. The van der Waals surface area contributed by atoms with Gasteiger partial charge in [0.25, 0.3) is 5.56 Å². The summed E-state index contributed by atoms with van der Waals surface area (Å²) in [6, 6.07) is 8.89. The van der Waals surface area contributed by atoms with Crippen LogP contribution >= 0.6 is 0 Å². The highest BCUT2D eigenvalue weighted by Crippen LogP contribution is 2.28. The minimum Gasteiger partial charge on any atom is -0.338 e. The summed E-state index contributed by atoms with van der Waals surface area (Å²) in [6.45, 7) is 5.08. The minimum absolute atomic E-state index is 0.0597. The predicted octanol–water partition coefficient (Wildman–Crippen LogP) is 2.84. The van der Waals surface area contributed by atoms with Crippen molar-refractivity contribution in [2.75, 3.05) is 19.6 Å². The number of H-pyrrole nitrogens is 1. The number of aromatic nitrogens is 3. The predicted molar refractivity (Wildman–Crippen MR) is 119 cm³/mol. The quantitative estimate of drug-likeness (QED) is 0.681. The molecule has 1 fully saturated rings. The Labute approximate surface area is 185 Å². The SMILES string of the molecule is CCC(=O)N1CCc2nc3cc([C@H]4CCCN(Cc5ccccc5F)C4)[nH]n3c(=O)c2C1. The first-order valence-corrected chi connectivity index (χ1v) is 11.4. The molecule has 4 heterocycles. The molecule has 2 aromatic heterocycles. The topological polar surface area (TPSA) is 73.7 Å². The molecule has 8 heteroatoms. The highest BCUT2D eigenvalue weighted by molar-refractivity contribution is 5.76. The number of fused-ring (bicyclic) bond motifs is 2. The molecular weight excluding hydrogens is 409 g/mol. The molecule has 168 valence electrons. The van der Waals surface area contributed by atoms with Gasteiger partial charge < -0.3 is 4.90 Å². The lowest BCUT2D eigenvalue weighted by Gasteiger charge is -2.32. The molecule has 7 nitrogen and oxygen atoms in total. The smallest absolute Gasteiger partial charge is 0.277 e. The van der Waals surface area contributed by atoms with E-state index in [0.717, 1.165) is 37.3 Å². The number of likely N-dealkylation sites (tertiary alicyclic amines) is 1. The number of amides is 1. The molecule has 3 aromatic rings. The number of carbonyl (C=O) groups excluding carboxylic acids is 1. The van der Waals surface area contributed by atoms with E-state index in [0.29, 0.717) is 49.2 Å². The molecule has 1 saturated heterocycles. The molecule has 0 spiro atoms. The van der Waals surface area contributed by atoms with Crippen molar-refractivity contribution in [3.8, 4) is 0 Å². The Bertz CT molecular complexity index is 1220. The summed E-state index contributed by atoms with van der Waals surface area (Å²) in [5, 5.41) is 3.28. The highest BCUT2D eigenvalue weighted by atomic mass is 19.1. The van der Waals surface area contributed by atoms with Crippen molar-refractivity contribution >= 4 is 11.6 Å². The maximum Gasteiger partial charge on any atom is 0.277 e. The van der Waals surface area contributed by atoms with Crippen molar-refractivity contribution in [2.24, 2.45) is 0 Å². The van der Waals surface area contributed by atoms with Crippen LogP contribution in [0.25, 0.3) is 5.65 Å². The van der Waals surface area contributed by atoms with Gasteiger partial charge in [0.2, 0.25) is 5.91 Å². The van der Waals surface area contributed by atoms with Crippen molar-refractivity contribution in [3.05, 3.63) is 69.0 Å². The fourth-order valence-electron chi connectivity index (χ4n) is 4.97. The van der Waals surface area contributed by atoms with Gasteiger partial charge in [-0.05, 0) is 25.5 Å². The van der Waals surface area contributed by atoms with Crippen LogP contribution in [0, 0.1) is 5.82 Å². The Kier molecular flexibility index (Phi) is 5.55. The number of halogens is 1. The lowest BCUT2D eigenvalue weighted by Crippen LogP contribution is -2.40. The molecule has 2 aliphatic rings. The highest BCUT2D eigenvalue weighted by Gasteiger charge is 2.27. The van der Waals surface area contributed by atoms with Crippen LogP contribution in [0.5, 0.6) is 0 Å². The normalized spacial score (nSPS) is 19.3. The van der Waals surface area contributed by atoms with Crippen LogP contribution in [0.2, 0.25) is 0 Å². The lowest BCUT2D eigenvalue weighted by atomic mass is 9.94. The first-order chi connectivity index (χ1) is 15.5. The summed E-state index contributed by atoms with van der Waals surface area (Å²) in [4.78, 5) is 34.0. The molecule has 0 saturated carbocycles. The average Bonchev–Trinajstić information content (AvgIpc) is 3.25. The van der Waals surface area contributed by atoms with E-state index in [1.807, 2.05) is 25.1 Å². The van der Waals surface area contributed by atoms with E-state index in [-0.39, 0.29) is 23.2 Å². The van der Waals surface area contributed by atoms with Gasteiger partial charge in [-0.3, -0.25) is 19.6 Å². The molecule has 32 heavy (non-hydrogen) atoms. The van der Waals surface area contributed by atoms with Crippen LogP contribution in [-0.4, -0.2) is 49.9 Å². The second-order valence-electron chi connectivity index (χ2n) is 8.83. The lowest BCUT2D eigenvalue weighted by molar-refractivity contribution is -0.131. The molecule has 0 radical (unpaired) electrons. The molecule has 2 aliphatic heterocycles. The number of aromatic amines is 1. The van der Waals surface area contributed by atoms with E-state index in [1.54, 1.807) is 11.0 Å². The van der Waals surface area contributed by atoms with E-state index in [9.17, 15) is 14.0 Å². The first kappa shape index (κ1) is 20.9. The van der Waals surface area contributed by atoms with Gasteiger partial charge >= 0.3 is 0 Å². The molecule has 1 atom stereocenters. The first-order valence-electron chi connectivity index (χ1n) is 11.4. The monoisotopic (exact) mass is 437 g/mol. The zero-order valence-electron chi connectivity index (χ0n) is 18.3. The van der Waals surface area contributed by atoms with E-state index in [1.165, 1.54) is 10.6 Å². The van der Waals surface area contributed by atoms with Crippen LogP contribution < -0.4 is 5.56 Å². The third-order valence-corrected chi connectivity index (χ3v) is 6.73. The van der Waals surface area contributed by atoms with E-state index >= 15 is 0 Å². The standard InChI is InChI=1S/C24H28FN5O2/c1-2-23(31)29-11-9-20-18(15-29)24(32)30-22(26-20)12-21(27-30)17-7-5-10-28(14-17)13-16-6-3-4-8-19(16)25/h3-4,6,8,12,17,27H,2,5,7,9-11,13-15H2,1H3/t17-/m0/s1. The molecule has 0 unspecified atom stereocenters. The van der Waals surface area contributed by atoms with Crippen LogP contribution in [-0.2, 0) is 24.3 Å². The Morgan fingerprint density at radius 3 is 2.94 bits per heavy atom. The summed E-state index contributed by atoms with van der Waals surface area (Å²) < 4.78 is 15.6. The zero-order chi connectivity index (χ0) is 22.2. The van der Waals surface area contributed by atoms with Gasteiger partial charge in [-0.2, -0.15) is 0 Å². The maximum atomic E-state index is 14.1. The number of piperidine rings is 1. The average molecular weight is 438 g/mol. The molecule has 0 bridgehead atoms.